The summed E-state index contributed by atoms with van der Waals surface area (Å²) in [6.07, 6.45) is 0. The fraction of sp³-hybridized carbons (Fsp3) is 0. The summed E-state index contributed by atoms with van der Waals surface area (Å²) in [6, 6.07) is 4.62. The average Bonchev–Trinajstić information content (AvgIpc) is 1.86. The zero-order chi connectivity index (χ0) is 8.48. The van der Waals surface area contributed by atoms with Gasteiger partial charge in [0.15, 0.2) is 0 Å². The molecule has 1 N–H and O–H groups in total. The Morgan fingerprint density at radius 1 is 1.25 bits per heavy atom. The van der Waals surface area contributed by atoms with Gasteiger partial charge in [-0.05, 0) is 12.1 Å². The first-order valence-corrected chi connectivity index (χ1v) is 4.18. The molecule has 0 bridgehead atoms. The van der Waals surface area contributed by atoms with Crippen molar-refractivity contribution in [3.8, 4) is 0 Å². The number of halogens is 1. The third-order valence-electron chi connectivity index (χ3n) is 1.11. The van der Waals surface area contributed by atoms with Gasteiger partial charge in [0.1, 0.15) is 10.7 Å². The summed E-state index contributed by atoms with van der Waals surface area (Å²) in [4.78, 5) is -0.694. The van der Waals surface area contributed by atoms with Gasteiger partial charge in [0, 0.05) is 35.6 Å². The molecule has 0 aliphatic heterocycles. The van der Waals surface area contributed by atoms with Gasteiger partial charge in [-0.1, -0.05) is 12.1 Å². The minimum absolute atomic E-state index is 0. The van der Waals surface area contributed by atoms with Gasteiger partial charge in [0.05, 0.1) is 0 Å². The van der Waals surface area contributed by atoms with E-state index in [0.29, 0.717) is 0 Å². The molecule has 1 aromatic rings. The first kappa shape index (κ1) is 12.3. The summed E-state index contributed by atoms with van der Waals surface area (Å²) in [5, 5.41) is 0. The van der Waals surface area contributed by atoms with Crippen LogP contribution in [0.15, 0.2) is 29.2 Å². The molecule has 0 fully saturated rings. The minimum atomic E-state index is -4.41. The second-order valence-corrected chi connectivity index (χ2v) is 3.30. The molecule has 0 amide bonds. The molecule has 0 unspecified atom stereocenters. The van der Waals surface area contributed by atoms with E-state index in [2.05, 4.69) is 0 Å². The molecule has 0 saturated carbocycles. The average molecular weight is 315 g/mol. The van der Waals surface area contributed by atoms with Crippen LogP contribution in [0.1, 0.15) is 0 Å². The second kappa shape index (κ2) is 4.48. The Kier molecular flexibility index (Phi) is 4.57. The number of rotatable bonds is 1. The molecule has 0 aliphatic rings. The van der Waals surface area contributed by atoms with Crippen molar-refractivity contribution in [3.05, 3.63) is 30.1 Å². The second-order valence-electron chi connectivity index (χ2n) is 1.91. The van der Waals surface area contributed by atoms with Crippen LogP contribution in [-0.4, -0.2) is 13.0 Å². The summed E-state index contributed by atoms with van der Waals surface area (Å²) in [7, 11) is -4.41. The van der Waals surface area contributed by atoms with E-state index >= 15 is 0 Å². The van der Waals surface area contributed by atoms with E-state index in [-0.39, 0.29) is 35.6 Å². The summed E-state index contributed by atoms with van der Waals surface area (Å²) in [6.45, 7) is 0. The van der Waals surface area contributed by atoms with Gasteiger partial charge in [-0.25, -0.2) is 4.39 Å². The van der Waals surface area contributed by atoms with Gasteiger partial charge in [-0.3, -0.25) is 4.55 Å². The molecule has 0 heterocycles. The molecular formula is C6H5FLaO3S. The van der Waals surface area contributed by atoms with Crippen LogP contribution in [0.4, 0.5) is 4.39 Å². The molecule has 0 aromatic heterocycles. The quantitative estimate of drug-likeness (QED) is 0.789. The largest absolute Gasteiger partial charge is 0.297 e. The van der Waals surface area contributed by atoms with Crippen LogP contribution in [0, 0.1) is 41.4 Å². The number of hydrogen-bond acceptors (Lipinski definition) is 2. The van der Waals surface area contributed by atoms with Crippen molar-refractivity contribution in [3.63, 3.8) is 0 Å². The van der Waals surface area contributed by atoms with Crippen LogP contribution < -0.4 is 0 Å². The Balaban J connectivity index is 0.00000121. The van der Waals surface area contributed by atoms with Crippen molar-refractivity contribution in [1.82, 2.24) is 0 Å². The molecule has 0 aliphatic carbocycles. The molecule has 1 radical (unpaired) electrons. The molecule has 12 heavy (non-hydrogen) atoms. The van der Waals surface area contributed by atoms with Gasteiger partial charge >= 0.3 is 0 Å². The maximum absolute atomic E-state index is 12.5. The Labute approximate surface area is 97.3 Å². The number of benzene rings is 1. The summed E-state index contributed by atoms with van der Waals surface area (Å²) < 4.78 is 41.7. The molecule has 63 valence electrons. The zero-order valence-corrected chi connectivity index (χ0v) is 10.4. The van der Waals surface area contributed by atoms with Gasteiger partial charge in [-0.2, -0.15) is 8.42 Å². The van der Waals surface area contributed by atoms with Crippen LogP contribution in [0.2, 0.25) is 0 Å². The molecule has 0 atom stereocenters. The SMILES string of the molecule is O=S(=O)(O)c1ccccc1F.[La]. The van der Waals surface area contributed by atoms with Crippen LogP contribution >= 0.6 is 0 Å². The Bertz CT molecular complexity index is 363. The standard InChI is InChI=1S/C6H5FO3S.La/c7-5-3-1-2-4-6(5)11(8,9)10;/h1-4H,(H,8,9,10);. The normalized spacial score (nSPS) is 10.5. The van der Waals surface area contributed by atoms with E-state index in [1.807, 2.05) is 0 Å². The maximum atomic E-state index is 12.5. The molecule has 6 heteroatoms. The molecule has 1 rings (SSSR count). The van der Waals surface area contributed by atoms with Crippen molar-refractivity contribution in [2.75, 3.05) is 0 Å². The summed E-state index contributed by atoms with van der Waals surface area (Å²) in [5.74, 6) is -0.949. The molecule has 0 saturated heterocycles. The van der Waals surface area contributed by atoms with Gasteiger partial charge in [0.25, 0.3) is 10.1 Å². The fourth-order valence-electron chi connectivity index (χ4n) is 0.654. The fourth-order valence-corrected chi connectivity index (χ4v) is 1.22. The minimum Gasteiger partial charge on any atom is -0.282 e. The topological polar surface area (TPSA) is 54.4 Å². The van der Waals surface area contributed by atoms with E-state index in [0.717, 1.165) is 12.1 Å². The monoisotopic (exact) mass is 315 g/mol. The van der Waals surface area contributed by atoms with E-state index in [1.54, 1.807) is 0 Å². The first-order valence-electron chi connectivity index (χ1n) is 2.74. The van der Waals surface area contributed by atoms with Crippen LogP contribution in [0.5, 0.6) is 0 Å². The van der Waals surface area contributed by atoms with Crippen molar-refractivity contribution in [2.45, 2.75) is 4.90 Å². The molecule has 1 aromatic carbocycles. The predicted molar refractivity (Wildman–Crippen MR) is 36.2 cm³/mol. The summed E-state index contributed by atoms with van der Waals surface area (Å²) >= 11 is 0. The van der Waals surface area contributed by atoms with E-state index < -0.39 is 20.8 Å². The zero-order valence-electron chi connectivity index (χ0n) is 5.94. The van der Waals surface area contributed by atoms with E-state index in [1.165, 1.54) is 12.1 Å². The van der Waals surface area contributed by atoms with Gasteiger partial charge in [0.2, 0.25) is 0 Å². The molecular weight excluding hydrogens is 310 g/mol. The predicted octanol–water partition coefficient (Wildman–Crippen LogP) is 1.07. The van der Waals surface area contributed by atoms with Crippen LogP contribution in [0.25, 0.3) is 0 Å². The Morgan fingerprint density at radius 2 is 1.75 bits per heavy atom. The molecule has 0 spiro atoms. The maximum Gasteiger partial charge on any atom is 0.297 e. The Hall–Kier alpha value is 0.255. The van der Waals surface area contributed by atoms with Crippen molar-refractivity contribution in [1.29, 1.82) is 0 Å². The van der Waals surface area contributed by atoms with Gasteiger partial charge in [-0.15, -0.1) is 0 Å². The third kappa shape index (κ3) is 2.95. The number of hydrogen-bond donors (Lipinski definition) is 1. The van der Waals surface area contributed by atoms with Crippen LogP contribution in [0.3, 0.4) is 0 Å². The smallest absolute Gasteiger partial charge is 0.282 e. The van der Waals surface area contributed by atoms with Crippen LogP contribution in [-0.2, 0) is 10.1 Å². The van der Waals surface area contributed by atoms with Gasteiger partial charge < -0.3 is 0 Å². The summed E-state index contributed by atoms with van der Waals surface area (Å²) in [5.41, 5.74) is 0. The van der Waals surface area contributed by atoms with E-state index in [4.69, 9.17) is 4.55 Å². The first-order chi connectivity index (χ1) is 5.02. The Morgan fingerprint density at radius 3 is 2.08 bits per heavy atom. The van der Waals surface area contributed by atoms with E-state index in [9.17, 15) is 12.8 Å². The van der Waals surface area contributed by atoms with Crippen molar-refractivity contribution < 1.29 is 53.0 Å². The van der Waals surface area contributed by atoms with Crippen molar-refractivity contribution >= 4 is 10.1 Å². The van der Waals surface area contributed by atoms with Crippen molar-refractivity contribution in [2.24, 2.45) is 0 Å². The molecule has 3 nitrogen and oxygen atoms in total. The third-order valence-corrected chi connectivity index (χ3v) is 2.00.